The Hall–Kier alpha value is -2.09. The number of amides is 2. The molecule has 0 bridgehead atoms. The Morgan fingerprint density at radius 1 is 1.32 bits per heavy atom. The summed E-state index contributed by atoms with van der Waals surface area (Å²) in [7, 11) is 1.54. The average Bonchev–Trinajstić information content (AvgIpc) is 2.59. The van der Waals surface area contributed by atoms with E-state index < -0.39 is 11.8 Å². The lowest BCUT2D eigenvalue weighted by molar-refractivity contribution is -0.139. The molecule has 0 aromatic heterocycles. The SMILES string of the molecule is CCCOc1c(Br)cc(/C=N\NC(=O)C(=O)N[C@@H](C)CC)cc1OC. The van der Waals surface area contributed by atoms with Gasteiger partial charge in [-0.1, -0.05) is 13.8 Å². The van der Waals surface area contributed by atoms with Crippen LogP contribution in [0.1, 0.15) is 39.2 Å². The molecule has 2 N–H and O–H groups in total. The number of rotatable bonds is 8. The lowest BCUT2D eigenvalue weighted by Crippen LogP contribution is -2.41. The highest BCUT2D eigenvalue weighted by Crippen LogP contribution is 2.36. The van der Waals surface area contributed by atoms with Crippen LogP contribution in [0.4, 0.5) is 0 Å². The highest BCUT2D eigenvalue weighted by atomic mass is 79.9. The molecule has 0 fully saturated rings. The van der Waals surface area contributed by atoms with Crippen LogP contribution in [0.3, 0.4) is 0 Å². The molecule has 0 spiro atoms. The smallest absolute Gasteiger partial charge is 0.329 e. The number of ether oxygens (including phenoxy) is 2. The van der Waals surface area contributed by atoms with E-state index in [2.05, 4.69) is 31.8 Å². The maximum Gasteiger partial charge on any atom is 0.329 e. The van der Waals surface area contributed by atoms with E-state index in [1.54, 1.807) is 19.2 Å². The van der Waals surface area contributed by atoms with Crippen molar-refractivity contribution in [2.45, 2.75) is 39.7 Å². The lowest BCUT2D eigenvalue weighted by Gasteiger charge is -2.12. The van der Waals surface area contributed by atoms with E-state index in [9.17, 15) is 9.59 Å². The molecule has 138 valence electrons. The first-order valence-corrected chi connectivity index (χ1v) is 8.86. The number of nitrogens with one attached hydrogen (secondary N) is 2. The van der Waals surface area contributed by atoms with Gasteiger partial charge in [0.25, 0.3) is 0 Å². The summed E-state index contributed by atoms with van der Waals surface area (Å²) in [6.45, 7) is 6.33. The molecule has 0 radical (unpaired) electrons. The van der Waals surface area contributed by atoms with E-state index in [1.165, 1.54) is 6.21 Å². The van der Waals surface area contributed by atoms with E-state index in [-0.39, 0.29) is 6.04 Å². The third kappa shape index (κ3) is 6.74. The fourth-order valence-electron chi connectivity index (χ4n) is 1.77. The normalized spacial score (nSPS) is 11.9. The van der Waals surface area contributed by atoms with Crippen molar-refractivity contribution in [2.75, 3.05) is 13.7 Å². The fraction of sp³-hybridized carbons (Fsp3) is 0.471. The first-order valence-electron chi connectivity index (χ1n) is 8.07. The van der Waals surface area contributed by atoms with Gasteiger partial charge < -0.3 is 14.8 Å². The van der Waals surface area contributed by atoms with Crippen LogP contribution >= 0.6 is 15.9 Å². The zero-order valence-corrected chi connectivity index (χ0v) is 16.5. The predicted molar refractivity (Wildman–Crippen MR) is 100 cm³/mol. The van der Waals surface area contributed by atoms with Crippen LogP contribution in [0.5, 0.6) is 11.5 Å². The fourth-order valence-corrected chi connectivity index (χ4v) is 2.34. The Kier molecular flexibility index (Phi) is 8.98. The van der Waals surface area contributed by atoms with Crippen molar-refractivity contribution in [3.05, 3.63) is 22.2 Å². The molecule has 0 unspecified atom stereocenters. The largest absolute Gasteiger partial charge is 0.493 e. The minimum absolute atomic E-state index is 0.0712. The van der Waals surface area contributed by atoms with E-state index in [0.29, 0.717) is 28.1 Å². The maximum atomic E-state index is 11.7. The molecule has 2 amide bonds. The van der Waals surface area contributed by atoms with Crippen LogP contribution in [0, 0.1) is 0 Å². The molecule has 25 heavy (non-hydrogen) atoms. The number of hydrogen-bond donors (Lipinski definition) is 2. The second-order valence-electron chi connectivity index (χ2n) is 5.36. The van der Waals surface area contributed by atoms with Crippen molar-refractivity contribution in [1.29, 1.82) is 0 Å². The molecule has 1 rings (SSSR count). The van der Waals surface area contributed by atoms with Gasteiger partial charge in [0.1, 0.15) is 0 Å². The van der Waals surface area contributed by atoms with Gasteiger partial charge in [-0.2, -0.15) is 5.10 Å². The quantitative estimate of drug-likeness (QED) is 0.389. The van der Waals surface area contributed by atoms with E-state index in [0.717, 1.165) is 12.8 Å². The van der Waals surface area contributed by atoms with Gasteiger partial charge in [-0.3, -0.25) is 9.59 Å². The maximum absolute atomic E-state index is 11.7. The molecule has 7 nitrogen and oxygen atoms in total. The van der Waals surface area contributed by atoms with Crippen LogP contribution < -0.4 is 20.2 Å². The second-order valence-corrected chi connectivity index (χ2v) is 6.22. The number of nitrogens with zero attached hydrogens (tertiary/aromatic N) is 1. The zero-order valence-electron chi connectivity index (χ0n) is 14.9. The van der Waals surface area contributed by atoms with E-state index >= 15 is 0 Å². The summed E-state index contributed by atoms with van der Waals surface area (Å²) in [6, 6.07) is 3.44. The molecule has 1 aromatic carbocycles. The number of hydrazone groups is 1. The molecular formula is C17H24BrN3O4. The molecular weight excluding hydrogens is 390 g/mol. The Labute approximate surface area is 156 Å². The molecule has 0 heterocycles. The van der Waals surface area contributed by atoms with E-state index in [1.807, 2.05) is 20.8 Å². The molecule has 1 aromatic rings. The number of halogens is 1. The average molecular weight is 414 g/mol. The Balaban J connectivity index is 2.76. The van der Waals surface area contributed by atoms with Crippen molar-refractivity contribution >= 4 is 34.0 Å². The number of hydrogen-bond acceptors (Lipinski definition) is 5. The van der Waals surface area contributed by atoms with Crippen molar-refractivity contribution in [2.24, 2.45) is 5.10 Å². The number of carbonyl (C=O) groups excluding carboxylic acids is 2. The highest BCUT2D eigenvalue weighted by molar-refractivity contribution is 9.10. The highest BCUT2D eigenvalue weighted by Gasteiger charge is 2.14. The minimum Gasteiger partial charge on any atom is -0.493 e. The molecule has 0 saturated carbocycles. The van der Waals surface area contributed by atoms with Gasteiger partial charge in [0, 0.05) is 6.04 Å². The van der Waals surface area contributed by atoms with Gasteiger partial charge >= 0.3 is 11.8 Å². The van der Waals surface area contributed by atoms with Gasteiger partial charge in [-0.25, -0.2) is 5.43 Å². The Bertz CT molecular complexity index is 635. The summed E-state index contributed by atoms with van der Waals surface area (Å²) >= 11 is 3.43. The molecule has 0 aliphatic carbocycles. The molecule has 0 saturated heterocycles. The van der Waals surface area contributed by atoms with Crippen molar-refractivity contribution in [3.63, 3.8) is 0 Å². The van der Waals surface area contributed by atoms with Crippen LogP contribution in [0.15, 0.2) is 21.7 Å². The number of benzene rings is 1. The van der Waals surface area contributed by atoms with Gasteiger partial charge in [0.05, 0.1) is 24.4 Å². The first-order chi connectivity index (χ1) is 11.9. The summed E-state index contributed by atoms with van der Waals surface area (Å²) in [5, 5.41) is 6.36. The number of methoxy groups -OCH3 is 1. The predicted octanol–water partition coefficient (Wildman–Crippen LogP) is 2.61. The first kappa shape index (κ1) is 21.0. The monoisotopic (exact) mass is 413 g/mol. The standard InChI is InChI=1S/C17H24BrN3O4/c1-5-7-25-15-13(18)8-12(9-14(15)24-4)10-19-21-17(23)16(22)20-11(3)6-2/h8-11H,5-7H2,1-4H3,(H,20,22)(H,21,23)/b19-10-/t11-/m0/s1. The molecule has 0 aliphatic rings. The summed E-state index contributed by atoms with van der Waals surface area (Å²) in [5.41, 5.74) is 2.87. The van der Waals surface area contributed by atoms with Crippen LogP contribution in [-0.4, -0.2) is 37.8 Å². The van der Waals surface area contributed by atoms with Crippen LogP contribution in [-0.2, 0) is 9.59 Å². The van der Waals surface area contributed by atoms with Crippen molar-refractivity contribution in [1.82, 2.24) is 10.7 Å². The molecule has 1 atom stereocenters. The Morgan fingerprint density at radius 2 is 2.04 bits per heavy atom. The second kappa shape index (κ2) is 10.7. The summed E-state index contributed by atoms with van der Waals surface area (Å²) in [5.74, 6) is -0.373. The van der Waals surface area contributed by atoms with Gasteiger partial charge in [-0.05, 0) is 53.4 Å². The Morgan fingerprint density at radius 3 is 2.64 bits per heavy atom. The van der Waals surface area contributed by atoms with Gasteiger partial charge in [0.2, 0.25) is 0 Å². The topological polar surface area (TPSA) is 89.0 Å². The van der Waals surface area contributed by atoms with Crippen molar-refractivity contribution < 1.29 is 19.1 Å². The molecule has 0 aliphatic heterocycles. The third-order valence-corrected chi connectivity index (χ3v) is 3.87. The summed E-state index contributed by atoms with van der Waals surface area (Å²) in [6.07, 6.45) is 3.04. The van der Waals surface area contributed by atoms with Gasteiger partial charge in [-0.15, -0.1) is 0 Å². The minimum atomic E-state index is -0.814. The van der Waals surface area contributed by atoms with Crippen molar-refractivity contribution in [3.8, 4) is 11.5 Å². The zero-order chi connectivity index (χ0) is 18.8. The van der Waals surface area contributed by atoms with Crippen LogP contribution in [0.2, 0.25) is 0 Å². The number of carbonyl (C=O) groups is 2. The van der Waals surface area contributed by atoms with Gasteiger partial charge in [0.15, 0.2) is 11.5 Å². The van der Waals surface area contributed by atoms with E-state index in [4.69, 9.17) is 9.47 Å². The summed E-state index contributed by atoms with van der Waals surface area (Å²) < 4.78 is 11.7. The lowest BCUT2D eigenvalue weighted by atomic mass is 10.2. The summed E-state index contributed by atoms with van der Waals surface area (Å²) in [4.78, 5) is 23.3. The third-order valence-electron chi connectivity index (χ3n) is 3.28. The molecule has 8 heteroatoms. The van der Waals surface area contributed by atoms with Crippen LogP contribution in [0.25, 0.3) is 0 Å².